The zero-order valence-electron chi connectivity index (χ0n) is 10.3. The highest BCUT2D eigenvalue weighted by Crippen LogP contribution is 2.20. The van der Waals surface area contributed by atoms with Gasteiger partial charge in [0.25, 0.3) is 0 Å². The molecule has 0 radical (unpaired) electrons. The summed E-state index contributed by atoms with van der Waals surface area (Å²) in [6, 6.07) is 2.12. The van der Waals surface area contributed by atoms with Crippen LogP contribution in [0.15, 0.2) is 6.07 Å². The first kappa shape index (κ1) is 14.7. The lowest BCUT2D eigenvalue weighted by atomic mass is 10.1. The first-order valence-electron chi connectivity index (χ1n) is 5.46. The molecule has 1 aromatic rings. The van der Waals surface area contributed by atoms with E-state index in [0.29, 0.717) is 0 Å². The van der Waals surface area contributed by atoms with Crippen molar-refractivity contribution in [3.63, 3.8) is 0 Å². The lowest BCUT2D eigenvalue weighted by Gasteiger charge is -2.12. The predicted molar refractivity (Wildman–Crippen MR) is 76.9 cm³/mol. The van der Waals surface area contributed by atoms with E-state index in [1.807, 2.05) is 20.8 Å². The maximum Gasteiger partial charge on any atom is 0.0671 e. The van der Waals surface area contributed by atoms with Crippen molar-refractivity contribution >= 4 is 28.3 Å². The Morgan fingerprint density at radius 2 is 1.93 bits per heavy atom. The van der Waals surface area contributed by atoms with Crippen LogP contribution in [0.3, 0.4) is 0 Å². The summed E-state index contributed by atoms with van der Waals surface area (Å²) in [5, 5.41) is 3.35. The van der Waals surface area contributed by atoms with Crippen LogP contribution in [0.1, 0.15) is 37.7 Å². The van der Waals surface area contributed by atoms with E-state index in [-0.39, 0.29) is 0 Å². The van der Waals surface area contributed by atoms with Crippen LogP contribution in [0.25, 0.3) is 0 Å². The van der Waals surface area contributed by atoms with Crippen LogP contribution in [-0.4, -0.2) is 9.54 Å². The molecule has 0 fully saturated rings. The van der Waals surface area contributed by atoms with Crippen molar-refractivity contribution in [3.05, 3.63) is 23.0 Å². The number of pyridine rings is 1. The third kappa shape index (κ3) is 4.36. The minimum Gasteiger partial charge on any atom is -0.374 e. The molecule has 0 amide bonds. The average molecular weight is 320 g/mol. The van der Waals surface area contributed by atoms with Gasteiger partial charge >= 0.3 is 0 Å². The molecule has 1 rings (SSSR count). The maximum atomic E-state index is 4.51. The van der Waals surface area contributed by atoms with E-state index in [1.165, 1.54) is 16.9 Å². The lowest BCUT2D eigenvalue weighted by Crippen LogP contribution is -2.04. The monoisotopic (exact) mass is 320 g/mol. The zero-order valence-corrected chi connectivity index (χ0v) is 12.5. The molecule has 86 valence electrons. The number of aromatic nitrogens is 1. The fraction of sp³-hybridized carbons (Fsp3) is 0.583. The van der Waals surface area contributed by atoms with Crippen LogP contribution >= 0.6 is 22.6 Å². The second kappa shape index (κ2) is 7.91. The Morgan fingerprint density at radius 1 is 1.33 bits per heavy atom. The molecule has 2 nitrogen and oxygen atoms in total. The normalized spacial score (nSPS) is 9.20. The molecule has 15 heavy (non-hydrogen) atoms. The van der Waals surface area contributed by atoms with Crippen molar-refractivity contribution in [2.45, 2.75) is 41.0 Å². The topological polar surface area (TPSA) is 24.9 Å². The standard InChI is InChI=1S/C10H15IN2.C2H6/c1-4-9-10(12-6-11)7(2)5-8(3)13-9;1-2/h5,12H,4,6H2,1-3H3;1-2H3. The molecule has 0 saturated carbocycles. The molecule has 1 N–H and O–H groups in total. The summed E-state index contributed by atoms with van der Waals surface area (Å²) in [6.07, 6.45) is 0.988. The van der Waals surface area contributed by atoms with Crippen LogP contribution in [0, 0.1) is 13.8 Å². The number of alkyl halides is 1. The van der Waals surface area contributed by atoms with Gasteiger partial charge in [-0.1, -0.05) is 43.4 Å². The number of hydrogen-bond donors (Lipinski definition) is 1. The van der Waals surface area contributed by atoms with Crippen LogP contribution in [0.2, 0.25) is 0 Å². The van der Waals surface area contributed by atoms with Crippen LogP contribution in [0.4, 0.5) is 5.69 Å². The quantitative estimate of drug-likeness (QED) is 0.515. The second-order valence-corrected chi connectivity index (χ2v) is 3.83. The fourth-order valence-corrected chi connectivity index (χ4v) is 1.86. The van der Waals surface area contributed by atoms with E-state index in [4.69, 9.17) is 0 Å². The van der Waals surface area contributed by atoms with Crippen molar-refractivity contribution in [3.8, 4) is 0 Å². The summed E-state index contributed by atoms with van der Waals surface area (Å²) >= 11 is 2.31. The Morgan fingerprint density at radius 3 is 2.40 bits per heavy atom. The van der Waals surface area contributed by atoms with Gasteiger partial charge in [0.2, 0.25) is 0 Å². The van der Waals surface area contributed by atoms with Gasteiger partial charge < -0.3 is 5.32 Å². The number of anilines is 1. The van der Waals surface area contributed by atoms with Gasteiger partial charge in [-0.05, 0) is 31.9 Å². The number of hydrogen-bond acceptors (Lipinski definition) is 2. The highest BCUT2D eigenvalue weighted by Gasteiger charge is 2.05. The van der Waals surface area contributed by atoms with E-state index in [1.54, 1.807) is 0 Å². The summed E-state index contributed by atoms with van der Waals surface area (Å²) in [6.45, 7) is 10.3. The molecule has 1 heterocycles. The molecule has 0 aliphatic carbocycles. The first-order valence-corrected chi connectivity index (χ1v) is 6.98. The van der Waals surface area contributed by atoms with Gasteiger partial charge in [0.05, 0.1) is 15.9 Å². The lowest BCUT2D eigenvalue weighted by molar-refractivity contribution is 0.997. The minimum atomic E-state index is 0.927. The number of aryl methyl sites for hydroxylation is 3. The van der Waals surface area contributed by atoms with Crippen LogP contribution < -0.4 is 5.32 Å². The van der Waals surface area contributed by atoms with Crippen molar-refractivity contribution in [2.75, 3.05) is 9.87 Å². The number of nitrogens with zero attached hydrogens (tertiary/aromatic N) is 1. The van der Waals surface area contributed by atoms with Gasteiger partial charge in [0.15, 0.2) is 0 Å². The second-order valence-electron chi connectivity index (χ2n) is 3.07. The van der Waals surface area contributed by atoms with E-state index >= 15 is 0 Å². The van der Waals surface area contributed by atoms with Crippen LogP contribution in [-0.2, 0) is 6.42 Å². The Kier molecular flexibility index (Phi) is 7.74. The largest absolute Gasteiger partial charge is 0.374 e. The van der Waals surface area contributed by atoms with Crippen LogP contribution in [0.5, 0.6) is 0 Å². The summed E-state index contributed by atoms with van der Waals surface area (Å²) < 4.78 is 0.927. The van der Waals surface area contributed by atoms with E-state index in [0.717, 1.165) is 16.7 Å². The molecule has 0 aliphatic rings. The Labute approximate surface area is 107 Å². The molecule has 0 atom stereocenters. The van der Waals surface area contributed by atoms with E-state index in [9.17, 15) is 0 Å². The molecule has 0 aliphatic heterocycles. The summed E-state index contributed by atoms with van der Waals surface area (Å²) in [4.78, 5) is 4.51. The maximum absolute atomic E-state index is 4.51. The summed E-state index contributed by atoms with van der Waals surface area (Å²) in [5.41, 5.74) is 4.78. The molecule has 0 unspecified atom stereocenters. The molecule has 3 heteroatoms. The highest BCUT2D eigenvalue weighted by atomic mass is 127. The SMILES string of the molecule is CC.CCc1nc(C)cc(C)c1NCI. The van der Waals surface area contributed by atoms with Gasteiger partial charge in [0.1, 0.15) is 0 Å². The molecular formula is C12H21IN2. The Hall–Kier alpha value is -0.320. The Balaban J connectivity index is 0.000000921. The minimum absolute atomic E-state index is 0.927. The predicted octanol–water partition coefficient (Wildman–Crippen LogP) is 4.09. The molecular weight excluding hydrogens is 299 g/mol. The van der Waals surface area contributed by atoms with Gasteiger partial charge in [0, 0.05) is 5.69 Å². The van der Waals surface area contributed by atoms with Crippen molar-refractivity contribution in [1.82, 2.24) is 4.98 Å². The summed E-state index contributed by atoms with van der Waals surface area (Å²) in [7, 11) is 0. The molecule has 1 aromatic heterocycles. The van der Waals surface area contributed by atoms with Crippen molar-refractivity contribution in [2.24, 2.45) is 0 Å². The van der Waals surface area contributed by atoms with Crippen molar-refractivity contribution in [1.29, 1.82) is 0 Å². The van der Waals surface area contributed by atoms with Gasteiger partial charge in [-0.2, -0.15) is 0 Å². The fourth-order valence-electron chi connectivity index (χ4n) is 1.48. The third-order valence-electron chi connectivity index (χ3n) is 2.00. The molecule has 0 saturated heterocycles. The first-order chi connectivity index (χ1) is 7.19. The smallest absolute Gasteiger partial charge is 0.0671 e. The number of rotatable bonds is 3. The van der Waals surface area contributed by atoms with Gasteiger partial charge in [-0.3, -0.25) is 4.98 Å². The summed E-state index contributed by atoms with van der Waals surface area (Å²) in [5.74, 6) is 0. The zero-order chi connectivity index (χ0) is 11.8. The van der Waals surface area contributed by atoms with Crippen molar-refractivity contribution < 1.29 is 0 Å². The van der Waals surface area contributed by atoms with E-state index in [2.05, 4.69) is 52.8 Å². The molecule has 0 bridgehead atoms. The Bertz CT molecular complexity index is 298. The number of halogens is 1. The third-order valence-corrected chi connectivity index (χ3v) is 2.38. The molecule has 0 aromatic carbocycles. The highest BCUT2D eigenvalue weighted by molar-refractivity contribution is 14.1. The van der Waals surface area contributed by atoms with Gasteiger partial charge in [-0.25, -0.2) is 0 Å². The van der Waals surface area contributed by atoms with E-state index < -0.39 is 0 Å². The number of nitrogens with one attached hydrogen (secondary N) is 1. The van der Waals surface area contributed by atoms with Gasteiger partial charge in [-0.15, -0.1) is 0 Å². The average Bonchev–Trinajstić information content (AvgIpc) is 2.24. The molecule has 0 spiro atoms.